The van der Waals surface area contributed by atoms with Gasteiger partial charge < -0.3 is 10.6 Å². The number of amides is 1. The molecule has 21 heavy (non-hydrogen) atoms. The smallest absolute Gasteiger partial charge is 0.238 e. The average Bonchev–Trinajstić information content (AvgIpc) is 2.35. The molecule has 6 nitrogen and oxygen atoms in total. The first-order valence-electron chi connectivity index (χ1n) is 7.00. The normalized spacial score (nSPS) is 17.1. The summed E-state index contributed by atoms with van der Waals surface area (Å²) in [6.45, 7) is 5.41. The molecule has 7 heteroatoms. The Morgan fingerprint density at radius 1 is 1.48 bits per heavy atom. The van der Waals surface area contributed by atoms with Gasteiger partial charge in [-0.05, 0) is 43.1 Å². The summed E-state index contributed by atoms with van der Waals surface area (Å²) in [5, 5.41) is 11.1. The molecule has 1 amide bonds. The number of carbonyl (C=O) groups excluding carboxylic acids is 1. The number of hydrogen-bond acceptors (Lipinski definition) is 4. The van der Waals surface area contributed by atoms with Crippen molar-refractivity contribution >= 4 is 21.6 Å². The zero-order valence-electron chi connectivity index (χ0n) is 12.2. The van der Waals surface area contributed by atoms with Crippen molar-refractivity contribution in [3.63, 3.8) is 0 Å². The lowest BCUT2D eigenvalue weighted by Crippen LogP contribution is -2.48. The minimum Gasteiger partial charge on any atom is -0.326 e. The molecule has 1 atom stereocenters. The summed E-state index contributed by atoms with van der Waals surface area (Å²) in [6, 6.07) is 4.82. The highest BCUT2D eigenvalue weighted by atomic mass is 32.2. The third kappa shape index (κ3) is 3.61. The van der Waals surface area contributed by atoms with Gasteiger partial charge in [0.1, 0.15) is 0 Å². The standard InChI is InChI=1S/C14H21N3O3S/c1-3-10-4-5-12(6-13(10)21(15,19)20)17-14(18)9(2)11-7-16-8-11/h4-6,9,11,16H,3,7-8H2,1-2H3,(H,17,18)(H2,15,19,20). The summed E-state index contributed by atoms with van der Waals surface area (Å²) >= 11 is 0. The van der Waals surface area contributed by atoms with Crippen LogP contribution in [0.25, 0.3) is 0 Å². The van der Waals surface area contributed by atoms with Crippen LogP contribution in [0.5, 0.6) is 0 Å². The predicted octanol–water partition coefficient (Wildman–Crippen LogP) is 0.690. The number of aryl methyl sites for hydroxylation is 1. The molecule has 0 bridgehead atoms. The zero-order chi connectivity index (χ0) is 15.6. The Bertz CT molecular complexity index is 639. The minimum atomic E-state index is -3.80. The molecule has 1 heterocycles. The molecule has 1 saturated heterocycles. The van der Waals surface area contributed by atoms with Gasteiger partial charge >= 0.3 is 0 Å². The quantitative estimate of drug-likeness (QED) is 0.744. The molecule has 1 fully saturated rings. The molecular formula is C14H21N3O3S. The van der Waals surface area contributed by atoms with Gasteiger partial charge in [0.15, 0.2) is 0 Å². The molecule has 0 radical (unpaired) electrons. The molecule has 1 aliphatic rings. The van der Waals surface area contributed by atoms with E-state index in [4.69, 9.17) is 5.14 Å². The second-order valence-electron chi connectivity index (χ2n) is 5.42. The highest BCUT2D eigenvalue weighted by Gasteiger charge is 2.28. The van der Waals surface area contributed by atoms with Crippen LogP contribution in [0.15, 0.2) is 23.1 Å². The molecule has 1 aromatic carbocycles. The Labute approximate surface area is 125 Å². The first-order valence-corrected chi connectivity index (χ1v) is 8.55. The van der Waals surface area contributed by atoms with Crippen LogP contribution in [0.1, 0.15) is 19.4 Å². The van der Waals surface area contributed by atoms with Crippen LogP contribution in [-0.2, 0) is 21.2 Å². The van der Waals surface area contributed by atoms with Crippen LogP contribution < -0.4 is 15.8 Å². The van der Waals surface area contributed by atoms with Gasteiger partial charge in [-0.1, -0.05) is 19.9 Å². The van der Waals surface area contributed by atoms with Crippen LogP contribution in [0.3, 0.4) is 0 Å². The van der Waals surface area contributed by atoms with Gasteiger partial charge in [0.2, 0.25) is 15.9 Å². The van der Waals surface area contributed by atoms with E-state index in [1.165, 1.54) is 6.07 Å². The molecule has 2 rings (SSSR count). The molecule has 0 aliphatic carbocycles. The van der Waals surface area contributed by atoms with Gasteiger partial charge in [-0.25, -0.2) is 13.6 Å². The molecule has 0 spiro atoms. The fourth-order valence-electron chi connectivity index (χ4n) is 2.32. The number of nitrogens with two attached hydrogens (primary N) is 1. The Morgan fingerprint density at radius 3 is 2.62 bits per heavy atom. The van der Waals surface area contributed by atoms with Crippen molar-refractivity contribution < 1.29 is 13.2 Å². The lowest BCUT2D eigenvalue weighted by Gasteiger charge is -2.31. The van der Waals surface area contributed by atoms with Crippen LogP contribution in [0, 0.1) is 11.8 Å². The predicted molar refractivity (Wildman–Crippen MR) is 81.3 cm³/mol. The third-order valence-electron chi connectivity index (χ3n) is 3.96. The van der Waals surface area contributed by atoms with Crippen molar-refractivity contribution in [1.82, 2.24) is 5.32 Å². The second-order valence-corrected chi connectivity index (χ2v) is 6.95. The number of primary sulfonamides is 1. The van der Waals surface area contributed by atoms with E-state index in [0.29, 0.717) is 23.6 Å². The lowest BCUT2D eigenvalue weighted by atomic mass is 9.88. The Kier molecular flexibility index (Phi) is 4.65. The van der Waals surface area contributed by atoms with E-state index >= 15 is 0 Å². The molecule has 0 aromatic heterocycles. The van der Waals surface area contributed by atoms with Gasteiger partial charge in [0.05, 0.1) is 4.90 Å². The Hall–Kier alpha value is -1.44. The Balaban J connectivity index is 2.19. The lowest BCUT2D eigenvalue weighted by molar-refractivity contribution is -0.121. The molecule has 1 unspecified atom stereocenters. The van der Waals surface area contributed by atoms with E-state index < -0.39 is 10.0 Å². The largest absolute Gasteiger partial charge is 0.326 e. The molecule has 1 aliphatic heterocycles. The minimum absolute atomic E-state index is 0.0702. The highest BCUT2D eigenvalue weighted by molar-refractivity contribution is 7.89. The maximum Gasteiger partial charge on any atom is 0.238 e. The maximum absolute atomic E-state index is 12.1. The summed E-state index contributed by atoms with van der Waals surface area (Å²) in [5.74, 6) is 0.110. The van der Waals surface area contributed by atoms with Gasteiger partial charge in [-0.15, -0.1) is 0 Å². The monoisotopic (exact) mass is 311 g/mol. The van der Waals surface area contributed by atoms with Crippen molar-refractivity contribution in [3.8, 4) is 0 Å². The van der Waals surface area contributed by atoms with E-state index in [9.17, 15) is 13.2 Å². The zero-order valence-corrected chi connectivity index (χ0v) is 13.0. The number of sulfonamides is 1. The number of hydrogen-bond donors (Lipinski definition) is 3. The van der Waals surface area contributed by atoms with Crippen LogP contribution in [0.2, 0.25) is 0 Å². The Morgan fingerprint density at radius 2 is 2.14 bits per heavy atom. The molecule has 0 saturated carbocycles. The van der Waals surface area contributed by atoms with E-state index in [0.717, 1.165) is 13.1 Å². The van der Waals surface area contributed by atoms with E-state index in [1.54, 1.807) is 12.1 Å². The maximum atomic E-state index is 12.1. The number of benzene rings is 1. The summed E-state index contributed by atoms with van der Waals surface area (Å²) < 4.78 is 23.2. The van der Waals surface area contributed by atoms with Crippen molar-refractivity contribution in [2.75, 3.05) is 18.4 Å². The molecule has 4 N–H and O–H groups in total. The van der Waals surface area contributed by atoms with E-state index in [-0.39, 0.29) is 16.7 Å². The molecular weight excluding hydrogens is 290 g/mol. The SMILES string of the molecule is CCc1ccc(NC(=O)C(C)C2CNC2)cc1S(N)(=O)=O. The molecule has 116 valence electrons. The van der Waals surface area contributed by atoms with Gasteiger partial charge in [0, 0.05) is 11.6 Å². The summed E-state index contributed by atoms with van der Waals surface area (Å²) in [7, 11) is -3.80. The number of anilines is 1. The fourth-order valence-corrected chi connectivity index (χ4v) is 3.19. The average molecular weight is 311 g/mol. The number of rotatable bonds is 5. The van der Waals surface area contributed by atoms with Crippen LogP contribution in [0.4, 0.5) is 5.69 Å². The summed E-state index contributed by atoms with van der Waals surface area (Å²) in [5.41, 5.74) is 1.10. The fraction of sp³-hybridized carbons (Fsp3) is 0.500. The van der Waals surface area contributed by atoms with Gasteiger partial charge in [0.25, 0.3) is 0 Å². The van der Waals surface area contributed by atoms with Gasteiger partial charge in [-0.2, -0.15) is 0 Å². The first-order chi connectivity index (χ1) is 9.82. The van der Waals surface area contributed by atoms with Crippen molar-refractivity contribution in [3.05, 3.63) is 23.8 Å². The third-order valence-corrected chi connectivity index (χ3v) is 4.95. The topological polar surface area (TPSA) is 101 Å². The second kappa shape index (κ2) is 6.13. The summed E-state index contributed by atoms with van der Waals surface area (Å²) in [4.78, 5) is 12.2. The van der Waals surface area contributed by atoms with Crippen molar-refractivity contribution in [1.29, 1.82) is 0 Å². The van der Waals surface area contributed by atoms with Crippen molar-refractivity contribution in [2.24, 2.45) is 17.0 Å². The van der Waals surface area contributed by atoms with Crippen LogP contribution in [-0.4, -0.2) is 27.4 Å². The van der Waals surface area contributed by atoms with Crippen LogP contribution >= 0.6 is 0 Å². The number of nitrogens with one attached hydrogen (secondary N) is 2. The number of carbonyl (C=O) groups is 1. The van der Waals surface area contributed by atoms with E-state index in [1.807, 2.05) is 13.8 Å². The first kappa shape index (κ1) is 15.9. The van der Waals surface area contributed by atoms with E-state index in [2.05, 4.69) is 10.6 Å². The molecule has 1 aromatic rings. The van der Waals surface area contributed by atoms with Crippen molar-refractivity contribution in [2.45, 2.75) is 25.2 Å². The summed E-state index contributed by atoms with van der Waals surface area (Å²) in [6.07, 6.45) is 0.560. The highest BCUT2D eigenvalue weighted by Crippen LogP contribution is 2.22. The van der Waals surface area contributed by atoms with Gasteiger partial charge in [-0.3, -0.25) is 4.79 Å².